The maximum atomic E-state index is 10.6. The normalized spacial score (nSPS) is 9.57. The van der Waals surface area contributed by atoms with Gasteiger partial charge in [0.25, 0.3) is 0 Å². The summed E-state index contributed by atoms with van der Waals surface area (Å²) in [6, 6.07) is 5.09. The second-order valence-corrected chi connectivity index (χ2v) is 3.40. The van der Waals surface area contributed by atoms with Crippen LogP contribution < -0.4 is 4.74 Å². The molecule has 0 aliphatic rings. The lowest BCUT2D eigenvalue weighted by atomic mass is 10.2. The number of ether oxygens (including phenoxy) is 1. The fourth-order valence-corrected chi connectivity index (χ4v) is 1.16. The van der Waals surface area contributed by atoms with Gasteiger partial charge in [-0.25, -0.2) is 0 Å². The van der Waals surface area contributed by atoms with Gasteiger partial charge in [-0.2, -0.15) is 0 Å². The Morgan fingerprint density at radius 2 is 2.36 bits per heavy atom. The average molecular weight is 211 g/mol. The molecule has 0 aliphatic heterocycles. The minimum absolute atomic E-state index is 0.351. The smallest absolute Gasteiger partial charge is 0.151 e. The lowest BCUT2D eigenvalue weighted by molar-refractivity contribution is 0.112. The maximum absolute atomic E-state index is 10.6. The summed E-state index contributed by atoms with van der Waals surface area (Å²) in [6.07, 6.45) is 0.704. The van der Waals surface area contributed by atoms with Crippen LogP contribution >= 0.6 is 11.6 Å². The van der Waals surface area contributed by atoms with Gasteiger partial charge in [0.15, 0.2) is 6.29 Å². The number of benzene rings is 1. The third-order valence-corrected chi connectivity index (χ3v) is 2.00. The van der Waals surface area contributed by atoms with E-state index < -0.39 is 0 Å². The molecule has 0 fully saturated rings. The van der Waals surface area contributed by atoms with Gasteiger partial charge in [-0.3, -0.25) is 4.79 Å². The van der Waals surface area contributed by atoms with Crippen LogP contribution in [-0.4, -0.2) is 12.9 Å². The highest BCUT2D eigenvalue weighted by atomic mass is 35.5. The molecule has 1 aromatic carbocycles. The first-order valence-electron chi connectivity index (χ1n) is 4.16. The van der Waals surface area contributed by atoms with Crippen molar-refractivity contribution in [1.82, 2.24) is 0 Å². The number of carbonyl (C=O) groups is 1. The predicted octanol–water partition coefficient (Wildman–Crippen LogP) is 3.11. The summed E-state index contributed by atoms with van der Waals surface area (Å²) in [6.45, 7) is 5.97. The summed E-state index contributed by atoms with van der Waals surface area (Å²) in [7, 11) is 0. The molecule has 0 aliphatic carbocycles. The fraction of sp³-hybridized carbons (Fsp3) is 0.182. The molecule has 0 unspecified atom stereocenters. The van der Waals surface area contributed by atoms with Gasteiger partial charge in [0.05, 0.1) is 5.02 Å². The van der Waals surface area contributed by atoms with Crippen molar-refractivity contribution in [3.8, 4) is 5.75 Å². The molecule has 0 radical (unpaired) electrons. The van der Waals surface area contributed by atoms with E-state index in [1.165, 1.54) is 0 Å². The number of carbonyl (C=O) groups excluding carboxylic acids is 1. The summed E-state index contributed by atoms with van der Waals surface area (Å²) in [5, 5.41) is 0.351. The monoisotopic (exact) mass is 210 g/mol. The van der Waals surface area contributed by atoms with Crippen molar-refractivity contribution in [3.05, 3.63) is 40.9 Å². The summed E-state index contributed by atoms with van der Waals surface area (Å²) < 4.78 is 5.35. The van der Waals surface area contributed by atoms with Crippen LogP contribution in [0, 0.1) is 0 Å². The molecule has 0 saturated carbocycles. The van der Waals surface area contributed by atoms with E-state index in [4.69, 9.17) is 16.3 Å². The van der Waals surface area contributed by atoms with Crippen LogP contribution in [-0.2, 0) is 0 Å². The Balaban J connectivity index is 2.86. The third-order valence-electron chi connectivity index (χ3n) is 1.59. The third kappa shape index (κ3) is 2.60. The van der Waals surface area contributed by atoms with Crippen LogP contribution in [0.5, 0.6) is 5.75 Å². The SMILES string of the molecule is C=C(C)COc1cccc(C=O)c1Cl. The van der Waals surface area contributed by atoms with Crippen LogP contribution in [0.25, 0.3) is 0 Å². The Hall–Kier alpha value is -1.28. The van der Waals surface area contributed by atoms with E-state index in [-0.39, 0.29) is 0 Å². The molecule has 1 rings (SSSR count). The van der Waals surface area contributed by atoms with Crippen LogP contribution in [0.4, 0.5) is 0 Å². The second kappa shape index (κ2) is 4.82. The van der Waals surface area contributed by atoms with Gasteiger partial charge in [0.2, 0.25) is 0 Å². The topological polar surface area (TPSA) is 26.3 Å². The van der Waals surface area contributed by atoms with Crippen molar-refractivity contribution in [1.29, 1.82) is 0 Å². The first kappa shape index (κ1) is 10.8. The van der Waals surface area contributed by atoms with Crippen molar-refractivity contribution in [2.45, 2.75) is 6.92 Å². The number of halogens is 1. The van der Waals surface area contributed by atoms with E-state index in [1.54, 1.807) is 18.2 Å². The highest BCUT2D eigenvalue weighted by molar-refractivity contribution is 6.34. The summed E-state index contributed by atoms with van der Waals surface area (Å²) in [5.74, 6) is 0.513. The Kier molecular flexibility index (Phi) is 3.72. The highest BCUT2D eigenvalue weighted by Crippen LogP contribution is 2.27. The fourth-order valence-electron chi connectivity index (χ4n) is 0.931. The lowest BCUT2D eigenvalue weighted by Gasteiger charge is -2.08. The van der Waals surface area contributed by atoms with Crippen LogP contribution in [0.2, 0.25) is 5.02 Å². The number of hydrogen-bond donors (Lipinski definition) is 0. The van der Waals surface area contributed by atoms with E-state index in [9.17, 15) is 4.79 Å². The Morgan fingerprint density at radius 3 is 2.93 bits per heavy atom. The van der Waals surface area contributed by atoms with Crippen LogP contribution in [0.1, 0.15) is 17.3 Å². The second-order valence-electron chi connectivity index (χ2n) is 3.02. The molecular formula is C11H11ClO2. The van der Waals surface area contributed by atoms with Gasteiger partial charge in [-0.15, -0.1) is 0 Å². The van der Waals surface area contributed by atoms with Crippen LogP contribution in [0.3, 0.4) is 0 Å². The average Bonchev–Trinajstić information content (AvgIpc) is 2.16. The van der Waals surface area contributed by atoms with Gasteiger partial charge in [-0.05, 0) is 24.6 Å². The van der Waals surface area contributed by atoms with Gasteiger partial charge in [0.1, 0.15) is 12.4 Å². The molecule has 14 heavy (non-hydrogen) atoms. The van der Waals surface area contributed by atoms with Gasteiger partial charge >= 0.3 is 0 Å². The Bertz CT molecular complexity index is 358. The van der Waals surface area contributed by atoms with Gasteiger partial charge < -0.3 is 4.74 Å². The molecule has 0 aromatic heterocycles. The maximum Gasteiger partial charge on any atom is 0.151 e. The predicted molar refractivity (Wildman–Crippen MR) is 57.1 cm³/mol. The van der Waals surface area contributed by atoms with E-state index in [2.05, 4.69) is 6.58 Å². The minimum atomic E-state index is 0.351. The van der Waals surface area contributed by atoms with Crippen molar-refractivity contribution in [3.63, 3.8) is 0 Å². The molecule has 0 N–H and O–H groups in total. The summed E-state index contributed by atoms with van der Waals surface area (Å²) in [4.78, 5) is 10.6. The molecule has 0 spiro atoms. The molecule has 3 heteroatoms. The number of hydrogen-bond acceptors (Lipinski definition) is 2. The van der Waals surface area contributed by atoms with Crippen molar-refractivity contribution in [2.75, 3.05) is 6.61 Å². The number of rotatable bonds is 4. The van der Waals surface area contributed by atoms with E-state index in [1.807, 2.05) is 6.92 Å². The first-order valence-corrected chi connectivity index (χ1v) is 4.54. The molecule has 0 saturated heterocycles. The van der Waals surface area contributed by atoms with Crippen molar-refractivity contribution in [2.24, 2.45) is 0 Å². The molecule has 0 amide bonds. The van der Waals surface area contributed by atoms with Gasteiger partial charge in [0, 0.05) is 5.56 Å². The largest absolute Gasteiger partial charge is 0.488 e. The quantitative estimate of drug-likeness (QED) is 0.564. The summed E-state index contributed by atoms with van der Waals surface area (Å²) in [5.41, 5.74) is 1.34. The zero-order valence-corrected chi connectivity index (χ0v) is 8.67. The molecule has 2 nitrogen and oxygen atoms in total. The van der Waals surface area contributed by atoms with E-state index in [0.29, 0.717) is 29.2 Å². The first-order chi connectivity index (χ1) is 6.65. The molecule has 0 atom stereocenters. The Labute approximate surface area is 88.1 Å². The number of aldehydes is 1. The van der Waals surface area contributed by atoms with Crippen molar-refractivity contribution < 1.29 is 9.53 Å². The van der Waals surface area contributed by atoms with Gasteiger partial charge in [-0.1, -0.05) is 24.2 Å². The summed E-state index contributed by atoms with van der Waals surface area (Å²) >= 11 is 5.91. The van der Waals surface area contributed by atoms with Crippen LogP contribution in [0.15, 0.2) is 30.4 Å². The lowest BCUT2D eigenvalue weighted by Crippen LogP contribution is -1.99. The Morgan fingerprint density at radius 1 is 1.64 bits per heavy atom. The zero-order chi connectivity index (χ0) is 10.6. The standard InChI is InChI=1S/C11H11ClO2/c1-8(2)7-14-10-5-3-4-9(6-13)11(10)12/h3-6H,1,7H2,2H3. The molecule has 0 bridgehead atoms. The minimum Gasteiger partial charge on any atom is -0.488 e. The van der Waals surface area contributed by atoms with E-state index in [0.717, 1.165) is 5.57 Å². The molecule has 0 heterocycles. The molecule has 74 valence electrons. The zero-order valence-electron chi connectivity index (χ0n) is 7.92. The molecule has 1 aromatic rings. The highest BCUT2D eigenvalue weighted by Gasteiger charge is 2.05. The van der Waals surface area contributed by atoms with Crippen molar-refractivity contribution >= 4 is 17.9 Å². The molecular weight excluding hydrogens is 200 g/mol. The van der Waals surface area contributed by atoms with E-state index >= 15 is 0 Å².